The number of rotatable bonds is 11. The van der Waals surface area contributed by atoms with Crippen molar-refractivity contribution in [1.82, 2.24) is 0 Å². The summed E-state index contributed by atoms with van der Waals surface area (Å²) in [7, 11) is -9.84. The van der Waals surface area contributed by atoms with Crippen molar-refractivity contribution in [3.63, 3.8) is 0 Å². The highest BCUT2D eigenvalue weighted by Crippen LogP contribution is 2.57. The summed E-state index contributed by atoms with van der Waals surface area (Å²) in [6.45, 7) is 7.83. The Kier molecular flexibility index (Phi) is 8.25. The molecule has 1 fully saturated rings. The van der Waals surface area contributed by atoms with E-state index in [2.05, 4.69) is 35.7 Å². The Hall–Kier alpha value is -0.300. The molecule has 2 unspecified atom stereocenters. The molecule has 10 heteroatoms. The maximum atomic E-state index is 11.3. The number of phosphoric ester groups is 1. The highest BCUT2D eigenvalue weighted by molar-refractivity contribution is 7.60. The molecule has 0 spiro atoms. The first-order chi connectivity index (χ1) is 11.3. The molecular weight excluding hydrogens is 370 g/mol. The number of hydrogen-bond donors (Lipinski definition) is 3. The summed E-state index contributed by atoms with van der Waals surface area (Å²) in [6, 6.07) is 0. The predicted octanol–water partition coefficient (Wildman–Crippen LogP) is 3.84. The molecule has 0 aromatic rings. The quantitative estimate of drug-likeness (QED) is 0.272. The van der Waals surface area contributed by atoms with Crippen molar-refractivity contribution in [3.05, 3.63) is 23.3 Å². The highest BCUT2D eigenvalue weighted by atomic mass is 31.3. The molecule has 1 aliphatic heterocycles. The lowest BCUT2D eigenvalue weighted by atomic mass is 10.0. The van der Waals surface area contributed by atoms with Gasteiger partial charge in [-0.2, -0.15) is 4.31 Å². The molecule has 25 heavy (non-hydrogen) atoms. The van der Waals surface area contributed by atoms with Gasteiger partial charge in [-0.1, -0.05) is 23.3 Å². The van der Waals surface area contributed by atoms with E-state index in [9.17, 15) is 9.13 Å². The Bertz CT molecular complexity index is 605. The van der Waals surface area contributed by atoms with Gasteiger partial charge in [-0.3, -0.25) is 4.52 Å². The van der Waals surface area contributed by atoms with Gasteiger partial charge in [-0.25, -0.2) is 9.13 Å². The number of ether oxygens (including phenoxy) is 1. The third-order valence-electron chi connectivity index (χ3n) is 3.88. The molecule has 0 saturated carbocycles. The van der Waals surface area contributed by atoms with Crippen LogP contribution in [0.1, 0.15) is 53.4 Å². The molecule has 8 nitrogen and oxygen atoms in total. The maximum Gasteiger partial charge on any atom is 0.481 e. The first kappa shape index (κ1) is 22.7. The molecule has 0 aromatic carbocycles. The summed E-state index contributed by atoms with van der Waals surface area (Å²) >= 11 is 0. The van der Waals surface area contributed by atoms with E-state index in [0.717, 1.165) is 31.3 Å². The van der Waals surface area contributed by atoms with Crippen LogP contribution in [0, 0.1) is 0 Å². The molecule has 1 heterocycles. The minimum absolute atomic E-state index is 0.0231. The summed E-state index contributed by atoms with van der Waals surface area (Å²) in [4.78, 5) is 26.1. The standard InChI is InChI=1S/C15H28O8P2/c1-12(8-9-14-15(3,4)22-14)6-5-7-13(2)10-11-21-25(19,20)23-24(16,17)18/h6,10,14H,5,7-9,11H2,1-4H3,(H,19,20)(H2,16,17,18)/b12-6+,13-10+. The van der Waals surface area contributed by atoms with Crippen molar-refractivity contribution in [2.24, 2.45) is 0 Å². The molecule has 1 saturated heterocycles. The van der Waals surface area contributed by atoms with Gasteiger partial charge in [0.1, 0.15) is 0 Å². The summed E-state index contributed by atoms with van der Waals surface area (Å²) in [5.41, 5.74) is 2.26. The van der Waals surface area contributed by atoms with E-state index < -0.39 is 15.6 Å². The normalized spacial score (nSPS) is 23.4. The van der Waals surface area contributed by atoms with E-state index >= 15 is 0 Å². The number of allylic oxidation sites excluding steroid dienone is 3. The molecule has 0 aliphatic carbocycles. The Morgan fingerprint density at radius 3 is 2.20 bits per heavy atom. The van der Waals surface area contributed by atoms with Crippen LogP contribution < -0.4 is 0 Å². The van der Waals surface area contributed by atoms with E-state index in [1.165, 1.54) is 5.57 Å². The van der Waals surface area contributed by atoms with Crippen LogP contribution >= 0.6 is 15.6 Å². The van der Waals surface area contributed by atoms with Gasteiger partial charge in [-0.05, 0) is 53.4 Å². The van der Waals surface area contributed by atoms with Gasteiger partial charge in [0.25, 0.3) is 0 Å². The minimum Gasteiger partial charge on any atom is -0.367 e. The van der Waals surface area contributed by atoms with E-state index in [-0.39, 0.29) is 12.2 Å². The molecule has 1 rings (SSSR count). The van der Waals surface area contributed by atoms with E-state index in [1.54, 1.807) is 6.08 Å². The van der Waals surface area contributed by atoms with E-state index in [4.69, 9.17) is 19.4 Å². The number of hydrogen-bond acceptors (Lipinski definition) is 5. The predicted molar refractivity (Wildman–Crippen MR) is 93.8 cm³/mol. The van der Waals surface area contributed by atoms with Crippen molar-refractivity contribution < 1.29 is 37.4 Å². The van der Waals surface area contributed by atoms with Crippen LogP contribution in [0.4, 0.5) is 0 Å². The lowest BCUT2D eigenvalue weighted by Crippen LogP contribution is -2.02. The summed E-state index contributed by atoms with van der Waals surface area (Å²) < 4.78 is 35.5. The van der Waals surface area contributed by atoms with Gasteiger partial charge in [0.15, 0.2) is 0 Å². The summed E-state index contributed by atoms with van der Waals surface area (Å²) in [5.74, 6) is 0. The van der Waals surface area contributed by atoms with Crippen molar-refractivity contribution in [2.45, 2.75) is 65.1 Å². The van der Waals surface area contributed by atoms with Crippen molar-refractivity contribution in [2.75, 3.05) is 6.61 Å². The second-order valence-electron chi connectivity index (χ2n) is 6.72. The third-order valence-corrected chi connectivity index (χ3v) is 6.03. The van der Waals surface area contributed by atoms with Crippen LogP contribution in [-0.2, 0) is 22.7 Å². The summed E-state index contributed by atoms with van der Waals surface area (Å²) in [5, 5.41) is 0. The molecule has 0 aromatic heterocycles. The third kappa shape index (κ3) is 10.4. The monoisotopic (exact) mass is 398 g/mol. The topological polar surface area (TPSA) is 126 Å². The summed E-state index contributed by atoms with van der Waals surface area (Å²) in [6.07, 6.45) is 7.67. The zero-order valence-corrected chi connectivity index (χ0v) is 16.8. The average molecular weight is 398 g/mol. The maximum absolute atomic E-state index is 11.3. The molecule has 0 radical (unpaired) electrons. The first-order valence-corrected chi connectivity index (χ1v) is 11.1. The van der Waals surface area contributed by atoms with Crippen LogP contribution in [0.5, 0.6) is 0 Å². The van der Waals surface area contributed by atoms with Gasteiger partial charge in [0.2, 0.25) is 0 Å². The van der Waals surface area contributed by atoms with Gasteiger partial charge in [0.05, 0.1) is 18.3 Å². The zero-order chi connectivity index (χ0) is 19.3. The fourth-order valence-corrected chi connectivity index (χ4v) is 3.81. The van der Waals surface area contributed by atoms with Gasteiger partial charge in [-0.15, -0.1) is 0 Å². The molecule has 0 bridgehead atoms. The SMILES string of the molecule is C/C(=C\COP(=O)(O)OP(=O)(O)O)CC/C=C(\C)CCC1OC1(C)C. The fraction of sp³-hybridized carbons (Fsp3) is 0.733. The van der Waals surface area contributed by atoms with Crippen molar-refractivity contribution >= 4 is 15.6 Å². The second-order valence-corrected chi connectivity index (χ2v) is 9.55. The highest BCUT2D eigenvalue weighted by Gasteiger charge is 2.46. The molecule has 0 amide bonds. The van der Waals surface area contributed by atoms with Gasteiger partial charge in [0, 0.05) is 0 Å². The van der Waals surface area contributed by atoms with Crippen molar-refractivity contribution in [1.29, 1.82) is 0 Å². The lowest BCUT2D eigenvalue weighted by molar-refractivity contribution is 0.191. The zero-order valence-electron chi connectivity index (χ0n) is 15.0. The number of phosphoric acid groups is 2. The Balaban J connectivity index is 2.25. The Labute approximate surface area is 148 Å². The van der Waals surface area contributed by atoms with Crippen LogP contribution in [0.3, 0.4) is 0 Å². The van der Waals surface area contributed by atoms with Crippen molar-refractivity contribution in [3.8, 4) is 0 Å². The van der Waals surface area contributed by atoms with Gasteiger partial charge < -0.3 is 19.4 Å². The Morgan fingerprint density at radius 1 is 1.12 bits per heavy atom. The largest absolute Gasteiger partial charge is 0.481 e. The molecule has 146 valence electrons. The van der Waals surface area contributed by atoms with Crippen LogP contribution in [0.2, 0.25) is 0 Å². The van der Waals surface area contributed by atoms with Crippen LogP contribution in [0.25, 0.3) is 0 Å². The minimum atomic E-state index is -5.07. The smallest absolute Gasteiger partial charge is 0.367 e. The molecule has 3 N–H and O–H groups in total. The molecular formula is C15H28O8P2. The first-order valence-electron chi connectivity index (χ1n) is 8.04. The number of epoxide rings is 1. The molecule has 1 aliphatic rings. The van der Waals surface area contributed by atoms with Crippen LogP contribution in [-0.4, -0.2) is 33.0 Å². The molecule has 2 atom stereocenters. The van der Waals surface area contributed by atoms with E-state index in [0.29, 0.717) is 6.10 Å². The van der Waals surface area contributed by atoms with Gasteiger partial charge >= 0.3 is 15.6 Å². The van der Waals surface area contributed by atoms with Crippen LogP contribution in [0.15, 0.2) is 23.3 Å². The fourth-order valence-electron chi connectivity index (χ4n) is 2.28. The second kappa shape index (κ2) is 9.07. The average Bonchev–Trinajstić information content (AvgIpc) is 3.01. The lowest BCUT2D eigenvalue weighted by Gasteiger charge is -2.11. The Morgan fingerprint density at radius 2 is 1.68 bits per heavy atom. The van der Waals surface area contributed by atoms with E-state index in [1.807, 2.05) is 6.92 Å².